The summed E-state index contributed by atoms with van der Waals surface area (Å²) in [6.07, 6.45) is 0.989. The maximum Gasteiger partial charge on any atom is 0.124 e. The van der Waals surface area contributed by atoms with E-state index in [9.17, 15) is 0 Å². The highest BCUT2D eigenvalue weighted by atomic mass is 79.9. The highest BCUT2D eigenvalue weighted by Gasteiger charge is 2.34. The maximum absolute atomic E-state index is 6.50. The minimum absolute atomic E-state index is 0.101. The number of fused-ring (bicyclic) bond motifs is 1. The molecule has 144 valence electrons. The number of ether oxygens (including phenoxy) is 2. The van der Waals surface area contributed by atoms with Crippen molar-refractivity contribution >= 4 is 31.9 Å². The second kappa shape index (κ2) is 9.05. The van der Waals surface area contributed by atoms with Gasteiger partial charge in [-0.1, -0.05) is 50.1 Å². The molecule has 0 spiro atoms. The van der Waals surface area contributed by atoms with Crippen molar-refractivity contribution in [2.24, 2.45) is 0 Å². The number of hydrogen-bond acceptors (Lipinski definition) is 4. The van der Waals surface area contributed by atoms with Gasteiger partial charge in [0.15, 0.2) is 0 Å². The van der Waals surface area contributed by atoms with Gasteiger partial charge in [0.2, 0.25) is 0 Å². The number of para-hydroxylation sites is 1. The first-order chi connectivity index (χ1) is 13.2. The van der Waals surface area contributed by atoms with Gasteiger partial charge < -0.3 is 14.8 Å². The molecule has 6 heteroatoms. The lowest BCUT2D eigenvalue weighted by Gasteiger charge is -2.38. The normalized spacial score (nSPS) is 23.3. The summed E-state index contributed by atoms with van der Waals surface area (Å²) in [5.41, 5.74) is 2.41. The molecule has 0 bridgehead atoms. The summed E-state index contributed by atoms with van der Waals surface area (Å²) in [4.78, 5) is 2.55. The van der Waals surface area contributed by atoms with Crippen molar-refractivity contribution in [2.75, 3.05) is 32.8 Å². The monoisotopic (exact) mass is 494 g/mol. The fraction of sp³-hybridized carbons (Fsp3) is 0.429. The molecule has 4 nitrogen and oxygen atoms in total. The number of benzene rings is 2. The van der Waals surface area contributed by atoms with Crippen LogP contribution in [0.3, 0.4) is 0 Å². The third-order valence-corrected chi connectivity index (χ3v) is 6.10. The molecule has 2 atom stereocenters. The van der Waals surface area contributed by atoms with Crippen LogP contribution in [0.5, 0.6) is 5.75 Å². The van der Waals surface area contributed by atoms with Crippen LogP contribution in [0.4, 0.5) is 0 Å². The quantitative estimate of drug-likeness (QED) is 0.675. The van der Waals surface area contributed by atoms with Crippen molar-refractivity contribution in [3.63, 3.8) is 0 Å². The van der Waals surface area contributed by atoms with Gasteiger partial charge in [0.25, 0.3) is 0 Å². The van der Waals surface area contributed by atoms with Crippen LogP contribution < -0.4 is 10.1 Å². The molecule has 0 saturated carbocycles. The molecule has 0 aromatic heterocycles. The first kappa shape index (κ1) is 19.4. The van der Waals surface area contributed by atoms with Gasteiger partial charge in [0, 0.05) is 47.1 Å². The van der Waals surface area contributed by atoms with E-state index in [1.165, 1.54) is 5.56 Å². The third kappa shape index (κ3) is 4.74. The fourth-order valence-electron chi connectivity index (χ4n) is 3.96. The zero-order valence-corrected chi connectivity index (χ0v) is 18.3. The van der Waals surface area contributed by atoms with Gasteiger partial charge >= 0.3 is 0 Å². The van der Waals surface area contributed by atoms with E-state index in [0.717, 1.165) is 52.9 Å². The van der Waals surface area contributed by atoms with Crippen LogP contribution in [-0.2, 0) is 11.3 Å². The maximum atomic E-state index is 6.50. The molecule has 1 saturated heterocycles. The minimum Gasteiger partial charge on any atom is -0.493 e. The largest absolute Gasteiger partial charge is 0.493 e. The average Bonchev–Trinajstić information content (AvgIpc) is 2.85. The predicted octanol–water partition coefficient (Wildman–Crippen LogP) is 4.53. The van der Waals surface area contributed by atoms with Crippen LogP contribution in [0.1, 0.15) is 23.6 Å². The number of nitrogens with zero attached hydrogens (tertiary/aromatic N) is 1. The van der Waals surface area contributed by atoms with Gasteiger partial charge in [-0.05, 0) is 29.8 Å². The zero-order valence-electron chi connectivity index (χ0n) is 15.2. The van der Waals surface area contributed by atoms with E-state index in [1.54, 1.807) is 0 Å². The second-order valence-corrected chi connectivity index (χ2v) is 8.86. The first-order valence-corrected chi connectivity index (χ1v) is 11.0. The van der Waals surface area contributed by atoms with E-state index in [2.05, 4.69) is 72.4 Å². The predicted molar refractivity (Wildman–Crippen MR) is 114 cm³/mol. The Kier molecular flexibility index (Phi) is 6.50. The molecule has 2 aromatic rings. The van der Waals surface area contributed by atoms with Gasteiger partial charge in [-0.15, -0.1) is 0 Å². The number of nitrogens with one attached hydrogen (secondary N) is 1. The van der Waals surface area contributed by atoms with E-state index in [0.29, 0.717) is 13.2 Å². The number of hydrogen-bond donors (Lipinski definition) is 1. The van der Waals surface area contributed by atoms with Crippen LogP contribution in [0, 0.1) is 0 Å². The Morgan fingerprint density at radius 2 is 1.81 bits per heavy atom. The van der Waals surface area contributed by atoms with E-state index < -0.39 is 0 Å². The molecular weight excluding hydrogens is 472 g/mol. The molecule has 1 N–H and O–H groups in total. The Morgan fingerprint density at radius 3 is 2.59 bits per heavy atom. The van der Waals surface area contributed by atoms with Crippen LogP contribution in [0.2, 0.25) is 0 Å². The van der Waals surface area contributed by atoms with Gasteiger partial charge in [0.1, 0.15) is 5.75 Å². The number of rotatable bonds is 4. The lowest BCUT2D eigenvalue weighted by atomic mass is 9.96. The molecule has 0 amide bonds. The topological polar surface area (TPSA) is 33.7 Å². The van der Waals surface area contributed by atoms with Crippen LogP contribution in [-0.4, -0.2) is 43.8 Å². The molecule has 2 aromatic carbocycles. The molecule has 2 heterocycles. The molecular formula is C21H24Br2N2O2. The summed E-state index contributed by atoms with van der Waals surface area (Å²) in [5, 5.41) is 3.45. The molecule has 27 heavy (non-hydrogen) atoms. The molecule has 2 aliphatic rings. The Morgan fingerprint density at radius 1 is 1.07 bits per heavy atom. The second-order valence-electron chi connectivity index (χ2n) is 7.03. The van der Waals surface area contributed by atoms with Gasteiger partial charge in [0.05, 0.1) is 25.4 Å². The molecule has 4 rings (SSSR count). The van der Waals surface area contributed by atoms with Crippen LogP contribution >= 0.6 is 31.9 Å². The Bertz CT molecular complexity index is 760. The van der Waals surface area contributed by atoms with Crippen molar-refractivity contribution in [1.29, 1.82) is 0 Å². The van der Waals surface area contributed by atoms with E-state index in [1.807, 2.05) is 12.1 Å². The zero-order chi connectivity index (χ0) is 18.6. The Labute approximate surface area is 177 Å². The van der Waals surface area contributed by atoms with Gasteiger partial charge in [-0.2, -0.15) is 0 Å². The lowest BCUT2D eigenvalue weighted by molar-refractivity contribution is -0.0331. The molecule has 0 unspecified atom stereocenters. The van der Waals surface area contributed by atoms with Gasteiger partial charge in [-0.3, -0.25) is 4.90 Å². The minimum atomic E-state index is 0.101. The van der Waals surface area contributed by atoms with Crippen LogP contribution in [0.25, 0.3) is 0 Å². The highest BCUT2D eigenvalue weighted by Crippen LogP contribution is 2.37. The Hall–Kier alpha value is -0.920. The summed E-state index contributed by atoms with van der Waals surface area (Å²) < 4.78 is 14.7. The first-order valence-electron chi connectivity index (χ1n) is 9.44. The standard InChI is InChI=1S/C21H24Br2N2O2/c22-16-11-15(12-17(23)13-16)14-27-20-5-10-26-19-4-2-1-3-18(19)21(20)25-8-6-24-7-9-25/h1-4,11-13,20-21,24H,5-10,14H2/t20-,21-/m0/s1. The summed E-state index contributed by atoms with van der Waals surface area (Å²) in [6.45, 7) is 5.37. The van der Waals surface area contributed by atoms with Crippen LogP contribution in [0.15, 0.2) is 51.4 Å². The summed E-state index contributed by atoms with van der Waals surface area (Å²) in [6, 6.07) is 14.9. The van der Waals surface area contributed by atoms with Crippen molar-refractivity contribution in [3.05, 3.63) is 62.5 Å². The highest BCUT2D eigenvalue weighted by molar-refractivity contribution is 9.11. The summed E-state index contributed by atoms with van der Waals surface area (Å²) in [7, 11) is 0. The molecule has 0 aliphatic carbocycles. The number of halogens is 2. The summed E-state index contributed by atoms with van der Waals surface area (Å²) >= 11 is 7.13. The molecule has 2 aliphatic heterocycles. The van der Waals surface area contributed by atoms with Crippen molar-refractivity contribution in [3.8, 4) is 5.75 Å². The van der Waals surface area contributed by atoms with Crippen molar-refractivity contribution < 1.29 is 9.47 Å². The smallest absolute Gasteiger partial charge is 0.124 e. The Balaban J connectivity index is 1.58. The molecule has 1 fully saturated rings. The van der Waals surface area contributed by atoms with Gasteiger partial charge in [-0.25, -0.2) is 0 Å². The third-order valence-electron chi connectivity index (χ3n) is 5.18. The summed E-state index contributed by atoms with van der Waals surface area (Å²) in [5.74, 6) is 0.998. The van der Waals surface area contributed by atoms with E-state index >= 15 is 0 Å². The van der Waals surface area contributed by atoms with E-state index in [-0.39, 0.29) is 12.1 Å². The van der Waals surface area contributed by atoms with E-state index in [4.69, 9.17) is 9.47 Å². The van der Waals surface area contributed by atoms with Crippen molar-refractivity contribution in [2.45, 2.75) is 25.2 Å². The molecule has 0 radical (unpaired) electrons. The van der Waals surface area contributed by atoms with Crippen molar-refractivity contribution in [1.82, 2.24) is 10.2 Å². The average molecular weight is 496 g/mol. The fourth-order valence-corrected chi connectivity index (χ4v) is 5.35. The lowest BCUT2D eigenvalue weighted by Crippen LogP contribution is -2.48. The number of piperazine rings is 1. The SMILES string of the molecule is Brc1cc(Br)cc(CO[C@H]2CCOc3ccccc3[C@@H]2N2CCNCC2)c1.